The summed E-state index contributed by atoms with van der Waals surface area (Å²) in [6.07, 6.45) is 0. The first-order valence-electron chi connectivity index (χ1n) is 7.35. The van der Waals surface area contributed by atoms with Crippen molar-refractivity contribution in [1.29, 1.82) is 0 Å². The van der Waals surface area contributed by atoms with E-state index in [0.717, 1.165) is 0 Å². The lowest BCUT2D eigenvalue weighted by atomic mass is 10.2. The fraction of sp³-hybridized carbons (Fsp3) is 0.176. The van der Waals surface area contributed by atoms with Crippen LogP contribution in [0.1, 0.15) is 27.1 Å². The highest BCUT2D eigenvalue weighted by Gasteiger charge is 2.21. The fourth-order valence-electron chi connectivity index (χ4n) is 2.37. The van der Waals surface area contributed by atoms with E-state index in [9.17, 15) is 9.59 Å². The number of rotatable bonds is 5. The molecule has 0 spiro atoms. The number of aromatic nitrogens is 1. The van der Waals surface area contributed by atoms with Gasteiger partial charge in [-0.15, -0.1) is 11.3 Å². The van der Waals surface area contributed by atoms with E-state index in [0.29, 0.717) is 27.2 Å². The highest BCUT2D eigenvalue weighted by atomic mass is 32.1. The maximum absolute atomic E-state index is 12.4. The Hall–Kier alpha value is -2.80. The van der Waals surface area contributed by atoms with Crippen LogP contribution in [-0.4, -0.2) is 30.6 Å². The van der Waals surface area contributed by atoms with Crippen LogP contribution < -0.4 is 10.1 Å². The third-order valence-electron chi connectivity index (χ3n) is 3.47. The number of ether oxygens (including phenoxy) is 2. The van der Waals surface area contributed by atoms with Gasteiger partial charge in [-0.1, -0.05) is 6.07 Å². The Morgan fingerprint density at radius 1 is 1.29 bits per heavy atom. The van der Waals surface area contributed by atoms with Crippen molar-refractivity contribution in [2.45, 2.75) is 6.92 Å². The molecule has 7 heteroatoms. The van der Waals surface area contributed by atoms with Crippen molar-refractivity contribution in [2.24, 2.45) is 0 Å². The van der Waals surface area contributed by atoms with Crippen molar-refractivity contribution in [3.8, 4) is 5.75 Å². The summed E-state index contributed by atoms with van der Waals surface area (Å²) < 4.78 is 10.3. The molecule has 3 rings (SSSR count). The van der Waals surface area contributed by atoms with Gasteiger partial charge >= 0.3 is 5.97 Å². The van der Waals surface area contributed by atoms with Crippen LogP contribution in [0.4, 0.5) is 5.69 Å². The van der Waals surface area contributed by atoms with Gasteiger partial charge in [0.1, 0.15) is 11.4 Å². The maximum Gasteiger partial charge on any atom is 0.356 e. The Kier molecular flexibility index (Phi) is 4.52. The van der Waals surface area contributed by atoms with Crippen molar-refractivity contribution in [1.82, 2.24) is 4.98 Å². The van der Waals surface area contributed by atoms with Gasteiger partial charge in [0.15, 0.2) is 0 Å². The molecule has 0 saturated heterocycles. The number of fused-ring (bicyclic) bond motifs is 1. The van der Waals surface area contributed by atoms with Crippen LogP contribution in [0, 0.1) is 0 Å². The second kappa shape index (κ2) is 6.76. The molecule has 0 aliphatic rings. The molecule has 0 atom stereocenters. The van der Waals surface area contributed by atoms with Crippen molar-refractivity contribution >= 4 is 39.8 Å². The molecule has 6 nitrogen and oxygen atoms in total. The van der Waals surface area contributed by atoms with E-state index in [2.05, 4.69) is 10.3 Å². The van der Waals surface area contributed by atoms with Gasteiger partial charge in [0.05, 0.1) is 24.3 Å². The SMILES string of the molecule is CCOC(=O)c1[nH]c2ccc(OC)cc2c1NC(=O)c1cccs1. The normalized spacial score (nSPS) is 10.6. The minimum Gasteiger partial charge on any atom is -0.497 e. The lowest BCUT2D eigenvalue weighted by molar-refractivity contribution is 0.0522. The van der Waals surface area contributed by atoms with E-state index in [4.69, 9.17) is 9.47 Å². The summed E-state index contributed by atoms with van der Waals surface area (Å²) in [5, 5.41) is 5.31. The second-order valence-electron chi connectivity index (χ2n) is 4.94. The standard InChI is InChI=1S/C17H16N2O4S/c1-3-23-17(21)15-14(19-16(20)13-5-4-8-24-13)11-9-10(22-2)6-7-12(11)18-15/h4-9,18H,3H2,1-2H3,(H,19,20). The number of carbonyl (C=O) groups is 2. The number of esters is 1. The average Bonchev–Trinajstić information content (AvgIpc) is 3.23. The molecular formula is C17H16N2O4S. The van der Waals surface area contributed by atoms with Crippen LogP contribution in [0.25, 0.3) is 10.9 Å². The Labute approximate surface area is 142 Å². The molecule has 24 heavy (non-hydrogen) atoms. The molecule has 1 amide bonds. The molecule has 0 fully saturated rings. The van der Waals surface area contributed by atoms with Crippen LogP contribution in [0.5, 0.6) is 5.75 Å². The first-order chi connectivity index (χ1) is 11.6. The molecular weight excluding hydrogens is 328 g/mol. The van der Waals surface area contributed by atoms with Gasteiger partial charge in [-0.25, -0.2) is 4.79 Å². The summed E-state index contributed by atoms with van der Waals surface area (Å²) in [6.45, 7) is 1.98. The van der Waals surface area contributed by atoms with Crippen LogP contribution in [0.3, 0.4) is 0 Å². The van der Waals surface area contributed by atoms with Gasteiger partial charge in [-0.05, 0) is 36.6 Å². The zero-order chi connectivity index (χ0) is 17.1. The summed E-state index contributed by atoms with van der Waals surface area (Å²) in [5.41, 5.74) is 1.31. The van der Waals surface area contributed by atoms with Crippen molar-refractivity contribution < 1.29 is 19.1 Å². The number of hydrogen-bond donors (Lipinski definition) is 2. The fourth-order valence-corrected chi connectivity index (χ4v) is 2.99. The number of H-pyrrole nitrogens is 1. The quantitative estimate of drug-likeness (QED) is 0.692. The third kappa shape index (κ3) is 2.98. The molecule has 124 valence electrons. The molecule has 0 saturated carbocycles. The van der Waals surface area contributed by atoms with E-state index in [-0.39, 0.29) is 18.2 Å². The third-order valence-corrected chi connectivity index (χ3v) is 4.34. The van der Waals surface area contributed by atoms with Gasteiger partial charge in [-0.3, -0.25) is 4.79 Å². The molecule has 0 bridgehead atoms. The van der Waals surface area contributed by atoms with Crippen LogP contribution in [0.15, 0.2) is 35.7 Å². The topological polar surface area (TPSA) is 80.4 Å². The summed E-state index contributed by atoms with van der Waals surface area (Å²) in [4.78, 5) is 28.2. The number of methoxy groups -OCH3 is 1. The molecule has 2 aromatic heterocycles. The van der Waals surface area contributed by atoms with Crippen molar-refractivity contribution in [3.05, 3.63) is 46.3 Å². The Morgan fingerprint density at radius 2 is 2.12 bits per heavy atom. The van der Waals surface area contributed by atoms with E-state index < -0.39 is 5.97 Å². The molecule has 1 aromatic carbocycles. The molecule has 0 unspecified atom stereocenters. The monoisotopic (exact) mass is 344 g/mol. The smallest absolute Gasteiger partial charge is 0.356 e. The van der Waals surface area contributed by atoms with Gasteiger partial charge in [0.2, 0.25) is 0 Å². The molecule has 3 aromatic rings. The summed E-state index contributed by atoms with van der Waals surface area (Å²) in [5.74, 6) is -0.169. The number of aromatic amines is 1. The molecule has 0 aliphatic carbocycles. The Balaban J connectivity index is 2.08. The Morgan fingerprint density at radius 3 is 2.79 bits per heavy atom. The van der Waals surface area contributed by atoms with E-state index in [1.54, 1.807) is 44.4 Å². The maximum atomic E-state index is 12.4. The number of benzene rings is 1. The Bertz CT molecular complexity index is 884. The van der Waals surface area contributed by atoms with Crippen LogP contribution in [-0.2, 0) is 4.74 Å². The number of carbonyl (C=O) groups excluding carboxylic acids is 2. The minimum absolute atomic E-state index is 0.213. The zero-order valence-electron chi connectivity index (χ0n) is 13.2. The number of thiophene rings is 1. The summed E-state index contributed by atoms with van der Waals surface area (Å²) in [6, 6.07) is 8.85. The number of hydrogen-bond acceptors (Lipinski definition) is 5. The van der Waals surface area contributed by atoms with Crippen LogP contribution in [0.2, 0.25) is 0 Å². The zero-order valence-corrected chi connectivity index (χ0v) is 14.0. The van der Waals surface area contributed by atoms with E-state index in [1.165, 1.54) is 11.3 Å². The summed E-state index contributed by atoms with van der Waals surface area (Å²) in [7, 11) is 1.56. The van der Waals surface area contributed by atoms with Gasteiger partial charge in [0.25, 0.3) is 5.91 Å². The average molecular weight is 344 g/mol. The van der Waals surface area contributed by atoms with Gasteiger partial charge in [0, 0.05) is 10.9 Å². The lowest BCUT2D eigenvalue weighted by Crippen LogP contribution is -2.14. The number of anilines is 1. The molecule has 2 heterocycles. The number of amides is 1. The molecule has 2 N–H and O–H groups in total. The van der Waals surface area contributed by atoms with Crippen molar-refractivity contribution in [2.75, 3.05) is 19.0 Å². The van der Waals surface area contributed by atoms with Crippen molar-refractivity contribution in [3.63, 3.8) is 0 Å². The predicted octanol–water partition coefficient (Wildman–Crippen LogP) is 3.67. The predicted molar refractivity (Wildman–Crippen MR) is 93.1 cm³/mol. The highest BCUT2D eigenvalue weighted by molar-refractivity contribution is 7.12. The van der Waals surface area contributed by atoms with E-state index in [1.807, 2.05) is 5.38 Å². The second-order valence-corrected chi connectivity index (χ2v) is 5.89. The van der Waals surface area contributed by atoms with E-state index >= 15 is 0 Å². The highest BCUT2D eigenvalue weighted by Crippen LogP contribution is 2.32. The summed E-state index contributed by atoms with van der Waals surface area (Å²) >= 11 is 1.33. The minimum atomic E-state index is -0.519. The first-order valence-corrected chi connectivity index (χ1v) is 8.23. The lowest BCUT2D eigenvalue weighted by Gasteiger charge is -2.06. The van der Waals surface area contributed by atoms with Gasteiger partial charge < -0.3 is 19.8 Å². The molecule has 0 radical (unpaired) electrons. The molecule has 0 aliphatic heterocycles. The van der Waals surface area contributed by atoms with Crippen LogP contribution >= 0.6 is 11.3 Å². The van der Waals surface area contributed by atoms with Gasteiger partial charge in [-0.2, -0.15) is 0 Å². The number of nitrogens with one attached hydrogen (secondary N) is 2. The largest absolute Gasteiger partial charge is 0.497 e. The first kappa shape index (κ1) is 16.1.